The standard InChI is InChI=1S/C31H37F2N5O7S/c1-44-18-24-26(28(39)45-2)27(20-9-10-22(32)23(33)17-20)38(30(41)35-24)29(40)34-13-6-14-36-15-11-31(12-16-36)19-37(46(3,42)43)25-8-5-4-7-21(25)31/h4-5,7-10,17,27H,6,11-16,18-19H2,1-3H3,(H,34,40)(H,35,41). The number of para-hydroxylation sites is 1. The number of rotatable bonds is 9. The van der Waals surface area contributed by atoms with Gasteiger partial charge in [0.2, 0.25) is 10.0 Å². The van der Waals surface area contributed by atoms with Crippen LogP contribution in [-0.2, 0) is 29.7 Å². The molecule has 0 aromatic heterocycles. The van der Waals surface area contributed by atoms with E-state index in [1.807, 2.05) is 24.3 Å². The number of hydrogen-bond acceptors (Lipinski definition) is 8. The third-order valence-electron chi connectivity index (χ3n) is 8.84. The number of esters is 1. The first-order valence-electron chi connectivity index (χ1n) is 14.8. The fourth-order valence-electron chi connectivity index (χ4n) is 6.57. The molecule has 248 valence electrons. The fraction of sp³-hybridized carbons (Fsp3) is 0.452. The van der Waals surface area contributed by atoms with Crippen LogP contribution in [0.25, 0.3) is 0 Å². The van der Waals surface area contributed by atoms with E-state index < -0.39 is 45.7 Å². The highest BCUT2D eigenvalue weighted by Crippen LogP contribution is 2.47. The van der Waals surface area contributed by atoms with Crippen LogP contribution < -0.4 is 14.9 Å². The molecule has 1 spiro atoms. The number of anilines is 1. The average molecular weight is 662 g/mol. The molecule has 2 aromatic rings. The van der Waals surface area contributed by atoms with Gasteiger partial charge in [0.25, 0.3) is 0 Å². The third-order valence-corrected chi connectivity index (χ3v) is 9.96. The Morgan fingerprint density at radius 3 is 2.46 bits per heavy atom. The van der Waals surface area contributed by atoms with Gasteiger partial charge in [0.15, 0.2) is 11.6 Å². The van der Waals surface area contributed by atoms with Gasteiger partial charge in [-0.25, -0.2) is 36.5 Å². The van der Waals surface area contributed by atoms with Gasteiger partial charge < -0.3 is 25.0 Å². The van der Waals surface area contributed by atoms with Gasteiger partial charge in [-0.3, -0.25) is 4.31 Å². The second kappa shape index (κ2) is 13.3. The number of sulfonamides is 1. The monoisotopic (exact) mass is 661 g/mol. The number of nitrogens with zero attached hydrogens (tertiary/aromatic N) is 3. The van der Waals surface area contributed by atoms with Gasteiger partial charge >= 0.3 is 18.0 Å². The smallest absolute Gasteiger partial charge is 0.338 e. The van der Waals surface area contributed by atoms with Crippen molar-refractivity contribution in [3.8, 4) is 0 Å². The van der Waals surface area contributed by atoms with Gasteiger partial charge in [-0.2, -0.15) is 0 Å². The molecule has 15 heteroatoms. The summed E-state index contributed by atoms with van der Waals surface area (Å²) >= 11 is 0. The quantitative estimate of drug-likeness (QED) is 0.309. The van der Waals surface area contributed by atoms with Crippen molar-refractivity contribution in [3.63, 3.8) is 0 Å². The predicted octanol–water partition coefficient (Wildman–Crippen LogP) is 3.02. The molecule has 1 fully saturated rings. The van der Waals surface area contributed by atoms with E-state index >= 15 is 0 Å². The topological polar surface area (TPSA) is 138 Å². The summed E-state index contributed by atoms with van der Waals surface area (Å²) in [5.41, 5.74) is 1.40. The van der Waals surface area contributed by atoms with E-state index in [4.69, 9.17) is 9.47 Å². The second-order valence-corrected chi connectivity index (χ2v) is 13.6. The zero-order chi connectivity index (χ0) is 33.2. The van der Waals surface area contributed by atoms with Crippen LogP contribution in [0.5, 0.6) is 0 Å². The highest BCUT2D eigenvalue weighted by molar-refractivity contribution is 7.92. The fourth-order valence-corrected chi connectivity index (χ4v) is 7.57. The van der Waals surface area contributed by atoms with Crippen molar-refractivity contribution in [2.45, 2.75) is 30.7 Å². The van der Waals surface area contributed by atoms with E-state index in [0.717, 1.165) is 61.3 Å². The van der Waals surface area contributed by atoms with Crippen LogP contribution in [0.2, 0.25) is 0 Å². The Hall–Kier alpha value is -4.08. The van der Waals surface area contributed by atoms with Crippen LogP contribution in [0.4, 0.5) is 24.1 Å². The number of amides is 4. The zero-order valence-electron chi connectivity index (χ0n) is 25.8. The van der Waals surface area contributed by atoms with Gasteiger partial charge in [0.05, 0.1) is 36.9 Å². The van der Waals surface area contributed by atoms with Crippen molar-refractivity contribution in [2.75, 3.05) is 64.1 Å². The number of methoxy groups -OCH3 is 2. The molecule has 46 heavy (non-hydrogen) atoms. The average Bonchev–Trinajstić information content (AvgIpc) is 3.35. The number of benzene rings is 2. The maximum absolute atomic E-state index is 14.3. The van der Waals surface area contributed by atoms with E-state index in [2.05, 4.69) is 15.5 Å². The molecule has 2 aromatic carbocycles. The second-order valence-electron chi connectivity index (χ2n) is 11.7. The van der Waals surface area contributed by atoms with Crippen LogP contribution in [0.15, 0.2) is 53.7 Å². The maximum Gasteiger partial charge on any atom is 0.338 e. The lowest BCUT2D eigenvalue weighted by molar-refractivity contribution is -0.137. The summed E-state index contributed by atoms with van der Waals surface area (Å²) in [6, 6.07) is 7.37. The third kappa shape index (κ3) is 6.44. The van der Waals surface area contributed by atoms with Crippen molar-refractivity contribution < 1.29 is 41.1 Å². The molecule has 12 nitrogen and oxygen atoms in total. The number of likely N-dealkylation sites (tertiary alicyclic amines) is 1. The largest absolute Gasteiger partial charge is 0.466 e. The first kappa shape index (κ1) is 33.3. The van der Waals surface area contributed by atoms with Gasteiger partial charge in [0, 0.05) is 25.6 Å². The molecule has 3 heterocycles. The van der Waals surface area contributed by atoms with Crippen molar-refractivity contribution in [1.82, 2.24) is 20.4 Å². The van der Waals surface area contributed by atoms with Crippen LogP contribution in [0.1, 0.15) is 36.4 Å². The normalized spacial score (nSPS) is 19.7. The number of ether oxygens (including phenoxy) is 2. The number of urea groups is 2. The molecule has 3 aliphatic heterocycles. The molecule has 1 saturated heterocycles. The van der Waals surface area contributed by atoms with Gasteiger partial charge in [-0.05, 0) is 68.2 Å². The summed E-state index contributed by atoms with van der Waals surface area (Å²) in [6.07, 6.45) is 3.31. The summed E-state index contributed by atoms with van der Waals surface area (Å²) in [5.74, 6) is -3.23. The summed E-state index contributed by atoms with van der Waals surface area (Å²) < 4.78 is 64.6. The summed E-state index contributed by atoms with van der Waals surface area (Å²) in [6.45, 7) is 2.50. The van der Waals surface area contributed by atoms with E-state index in [-0.39, 0.29) is 35.4 Å². The Morgan fingerprint density at radius 2 is 1.80 bits per heavy atom. The van der Waals surface area contributed by atoms with Crippen LogP contribution in [0, 0.1) is 11.6 Å². The molecule has 4 amide bonds. The number of fused-ring (bicyclic) bond motifs is 2. The van der Waals surface area contributed by atoms with Crippen molar-refractivity contribution >= 4 is 33.7 Å². The molecule has 2 N–H and O–H groups in total. The lowest BCUT2D eigenvalue weighted by atomic mass is 9.74. The molecule has 0 saturated carbocycles. The van der Waals surface area contributed by atoms with Crippen LogP contribution in [-0.4, -0.2) is 96.1 Å². The minimum absolute atomic E-state index is 0.0110. The summed E-state index contributed by atoms with van der Waals surface area (Å²) in [4.78, 5) is 42.5. The van der Waals surface area contributed by atoms with E-state index in [9.17, 15) is 31.6 Å². The Balaban J connectivity index is 1.24. The molecule has 1 unspecified atom stereocenters. The zero-order valence-corrected chi connectivity index (χ0v) is 26.7. The number of imide groups is 1. The minimum Gasteiger partial charge on any atom is -0.466 e. The van der Waals surface area contributed by atoms with Crippen LogP contribution >= 0.6 is 0 Å². The Bertz CT molecular complexity index is 1660. The number of halogens is 2. The lowest BCUT2D eigenvalue weighted by Crippen LogP contribution is -2.55. The lowest BCUT2D eigenvalue weighted by Gasteiger charge is -2.40. The highest BCUT2D eigenvalue weighted by Gasteiger charge is 2.47. The molecule has 1 atom stereocenters. The molecule has 5 rings (SSSR count). The van der Waals surface area contributed by atoms with Gasteiger partial charge in [0.1, 0.15) is 6.04 Å². The number of hydrogen-bond donors (Lipinski definition) is 2. The Kier molecular flexibility index (Phi) is 9.65. The summed E-state index contributed by atoms with van der Waals surface area (Å²) in [7, 11) is -0.939. The van der Waals surface area contributed by atoms with Crippen molar-refractivity contribution in [3.05, 3.63) is 76.5 Å². The predicted molar refractivity (Wildman–Crippen MR) is 164 cm³/mol. The number of nitrogens with one attached hydrogen (secondary N) is 2. The van der Waals surface area contributed by atoms with E-state index in [0.29, 0.717) is 19.5 Å². The van der Waals surface area contributed by atoms with Crippen LogP contribution in [0.3, 0.4) is 0 Å². The molecular weight excluding hydrogens is 624 g/mol. The van der Waals surface area contributed by atoms with Gasteiger partial charge in [-0.1, -0.05) is 24.3 Å². The number of carbonyl (C=O) groups excluding carboxylic acids is 3. The van der Waals surface area contributed by atoms with E-state index in [1.165, 1.54) is 23.7 Å². The SMILES string of the molecule is COCC1=C(C(=O)OC)C(c2ccc(F)c(F)c2)N(C(=O)NCCCN2CCC3(CC2)CN(S(C)(=O)=O)c2ccccc23)C(=O)N1. The number of carbonyl (C=O) groups is 3. The summed E-state index contributed by atoms with van der Waals surface area (Å²) in [5, 5.41) is 5.20. The molecule has 0 bridgehead atoms. The molecular formula is C31H37F2N5O7S. The van der Waals surface area contributed by atoms with Gasteiger partial charge in [-0.15, -0.1) is 0 Å². The minimum atomic E-state index is -3.41. The highest BCUT2D eigenvalue weighted by atomic mass is 32.2. The molecule has 3 aliphatic rings. The molecule has 0 radical (unpaired) electrons. The Morgan fingerprint density at radius 1 is 1.09 bits per heavy atom. The first-order valence-corrected chi connectivity index (χ1v) is 16.7. The maximum atomic E-state index is 14.3. The molecule has 0 aliphatic carbocycles. The van der Waals surface area contributed by atoms with Crippen molar-refractivity contribution in [1.29, 1.82) is 0 Å². The van der Waals surface area contributed by atoms with Crippen molar-refractivity contribution in [2.24, 2.45) is 0 Å². The van der Waals surface area contributed by atoms with E-state index in [1.54, 1.807) is 0 Å². The Labute approximate surface area is 266 Å². The first-order chi connectivity index (χ1) is 21.9. The number of piperidine rings is 1.